The number of likely N-dealkylation sites (N-methyl/N-ethyl adjacent to an activating group) is 1. The second kappa shape index (κ2) is 5.55. The van der Waals surface area contributed by atoms with E-state index in [2.05, 4.69) is 5.32 Å². The third kappa shape index (κ3) is 3.59. The van der Waals surface area contributed by atoms with Gasteiger partial charge >= 0.3 is 0 Å². The van der Waals surface area contributed by atoms with Crippen LogP contribution in [0.4, 0.5) is 0 Å². The van der Waals surface area contributed by atoms with Crippen LogP contribution in [0.15, 0.2) is 23.1 Å². The average Bonchev–Trinajstić information content (AvgIpc) is 2.28. The highest BCUT2D eigenvalue weighted by Gasteiger charge is 2.20. The fourth-order valence-electron chi connectivity index (χ4n) is 1.25. The van der Waals surface area contributed by atoms with Crippen LogP contribution in [0.1, 0.15) is 6.92 Å². The summed E-state index contributed by atoms with van der Waals surface area (Å²) in [6, 6.07) is 3.96. The molecule has 0 aromatic heterocycles. The van der Waals surface area contributed by atoms with E-state index in [-0.39, 0.29) is 21.6 Å². The molecule has 0 aliphatic carbocycles. The molecule has 0 heterocycles. The second-order valence-corrected chi connectivity index (χ2v) is 5.48. The number of sulfonamides is 1. The van der Waals surface area contributed by atoms with Crippen LogP contribution < -0.4 is 15.2 Å². The van der Waals surface area contributed by atoms with Gasteiger partial charge in [0.05, 0.1) is 0 Å². The number of hydrogen-bond donors (Lipinski definition) is 2. The fraction of sp³-hybridized carbons (Fsp3) is 0.300. The maximum absolute atomic E-state index is 11.4. The molecule has 3 N–H and O–H groups in total. The van der Waals surface area contributed by atoms with E-state index in [9.17, 15) is 13.2 Å². The maximum Gasteiger partial charge on any atom is 0.260 e. The van der Waals surface area contributed by atoms with Gasteiger partial charge in [-0.2, -0.15) is 0 Å². The van der Waals surface area contributed by atoms with E-state index in [0.29, 0.717) is 0 Å². The van der Waals surface area contributed by atoms with Gasteiger partial charge in [0.1, 0.15) is 10.6 Å². The van der Waals surface area contributed by atoms with Gasteiger partial charge in [-0.25, -0.2) is 13.6 Å². The van der Waals surface area contributed by atoms with Gasteiger partial charge < -0.3 is 10.1 Å². The van der Waals surface area contributed by atoms with E-state index in [1.54, 1.807) is 0 Å². The molecule has 6 nitrogen and oxygen atoms in total. The summed E-state index contributed by atoms with van der Waals surface area (Å²) in [7, 11) is -2.53. The van der Waals surface area contributed by atoms with E-state index in [1.165, 1.54) is 32.2 Å². The third-order valence-electron chi connectivity index (χ3n) is 2.13. The standard InChI is InChI=1S/C10H13ClN2O4S/c1-6(10(14)13-2)17-8-4-3-7(11)5-9(8)18(12,15)16/h3-6H,1-2H3,(H,13,14)(H2,12,15,16). The van der Waals surface area contributed by atoms with Crippen LogP contribution in [0.2, 0.25) is 5.02 Å². The van der Waals surface area contributed by atoms with Crippen LogP contribution in [0.5, 0.6) is 5.75 Å². The Morgan fingerprint density at radius 3 is 2.61 bits per heavy atom. The minimum Gasteiger partial charge on any atom is -0.479 e. The number of carbonyl (C=O) groups is 1. The van der Waals surface area contributed by atoms with Crippen molar-refractivity contribution < 1.29 is 17.9 Å². The summed E-state index contributed by atoms with van der Waals surface area (Å²) < 4.78 is 28.0. The minimum absolute atomic E-state index is 0.0157. The Bertz CT molecular complexity index is 559. The van der Waals surface area contributed by atoms with Gasteiger partial charge in [0.25, 0.3) is 5.91 Å². The molecule has 0 fully saturated rings. The van der Waals surface area contributed by atoms with Gasteiger partial charge in [0.2, 0.25) is 10.0 Å². The molecule has 8 heteroatoms. The molecular weight excluding hydrogens is 280 g/mol. The van der Waals surface area contributed by atoms with Crippen molar-refractivity contribution in [1.29, 1.82) is 0 Å². The Morgan fingerprint density at radius 1 is 1.50 bits per heavy atom. The highest BCUT2D eigenvalue weighted by Crippen LogP contribution is 2.27. The largest absolute Gasteiger partial charge is 0.479 e. The van der Waals surface area contributed by atoms with Gasteiger partial charge in [-0.15, -0.1) is 0 Å². The van der Waals surface area contributed by atoms with Gasteiger partial charge in [-0.05, 0) is 25.1 Å². The fourth-order valence-corrected chi connectivity index (χ4v) is 2.17. The summed E-state index contributed by atoms with van der Waals surface area (Å²) in [6.07, 6.45) is -0.850. The molecule has 0 spiro atoms. The molecule has 1 aromatic rings. The Labute approximate surface area is 110 Å². The minimum atomic E-state index is -3.98. The Morgan fingerprint density at radius 2 is 2.11 bits per heavy atom. The van der Waals surface area contributed by atoms with Crippen molar-refractivity contribution in [2.75, 3.05) is 7.05 Å². The van der Waals surface area contributed by atoms with Crippen molar-refractivity contribution in [3.63, 3.8) is 0 Å². The Hall–Kier alpha value is -1.31. The SMILES string of the molecule is CNC(=O)C(C)Oc1ccc(Cl)cc1S(N)(=O)=O. The molecular formula is C10H13ClN2O4S. The Kier molecular flexibility index (Phi) is 4.55. The average molecular weight is 293 g/mol. The number of halogens is 1. The molecule has 0 aliphatic heterocycles. The molecule has 100 valence electrons. The number of carbonyl (C=O) groups excluding carboxylic acids is 1. The van der Waals surface area contributed by atoms with Crippen molar-refractivity contribution in [2.24, 2.45) is 5.14 Å². The van der Waals surface area contributed by atoms with Gasteiger partial charge in [-0.1, -0.05) is 11.6 Å². The van der Waals surface area contributed by atoms with Crippen molar-refractivity contribution in [2.45, 2.75) is 17.9 Å². The monoisotopic (exact) mass is 292 g/mol. The van der Waals surface area contributed by atoms with Crippen molar-refractivity contribution in [3.8, 4) is 5.75 Å². The molecule has 1 amide bonds. The zero-order valence-corrected chi connectivity index (χ0v) is 11.4. The summed E-state index contributed by atoms with van der Waals surface area (Å²) in [6.45, 7) is 1.49. The highest BCUT2D eigenvalue weighted by atomic mass is 35.5. The van der Waals surface area contributed by atoms with E-state index < -0.39 is 16.1 Å². The first-order chi connectivity index (χ1) is 8.25. The first-order valence-corrected chi connectivity index (χ1v) is 6.88. The molecule has 1 unspecified atom stereocenters. The lowest BCUT2D eigenvalue weighted by atomic mass is 10.3. The summed E-state index contributed by atoms with van der Waals surface area (Å²) in [5, 5.41) is 7.64. The number of nitrogens with two attached hydrogens (primary N) is 1. The van der Waals surface area contributed by atoms with Crippen LogP contribution in [0.3, 0.4) is 0 Å². The molecule has 0 saturated heterocycles. The molecule has 0 radical (unpaired) electrons. The van der Waals surface area contributed by atoms with E-state index in [0.717, 1.165) is 0 Å². The first-order valence-electron chi connectivity index (χ1n) is 4.96. The number of hydrogen-bond acceptors (Lipinski definition) is 4. The predicted molar refractivity (Wildman–Crippen MR) is 67.0 cm³/mol. The number of benzene rings is 1. The third-order valence-corrected chi connectivity index (χ3v) is 3.30. The number of amides is 1. The zero-order chi connectivity index (χ0) is 13.9. The number of ether oxygens (including phenoxy) is 1. The van der Waals surface area contributed by atoms with Crippen LogP contribution >= 0.6 is 11.6 Å². The van der Waals surface area contributed by atoms with Crippen LogP contribution in [-0.4, -0.2) is 27.5 Å². The van der Waals surface area contributed by atoms with Crippen LogP contribution in [-0.2, 0) is 14.8 Å². The number of rotatable bonds is 4. The summed E-state index contributed by atoms with van der Waals surface area (Å²) >= 11 is 5.69. The van der Waals surface area contributed by atoms with E-state index in [4.69, 9.17) is 21.5 Å². The summed E-state index contributed by atoms with van der Waals surface area (Å²) in [4.78, 5) is 11.0. The molecule has 18 heavy (non-hydrogen) atoms. The quantitative estimate of drug-likeness (QED) is 0.844. The van der Waals surface area contributed by atoms with E-state index >= 15 is 0 Å². The van der Waals surface area contributed by atoms with Gasteiger partial charge in [-0.3, -0.25) is 4.79 Å². The maximum atomic E-state index is 11.4. The van der Waals surface area contributed by atoms with Gasteiger partial charge in [0, 0.05) is 12.1 Å². The van der Waals surface area contributed by atoms with Crippen molar-refractivity contribution in [1.82, 2.24) is 5.32 Å². The summed E-state index contributed by atoms with van der Waals surface area (Å²) in [5.41, 5.74) is 0. The van der Waals surface area contributed by atoms with E-state index in [1.807, 2.05) is 0 Å². The lowest BCUT2D eigenvalue weighted by Gasteiger charge is -2.15. The van der Waals surface area contributed by atoms with Crippen molar-refractivity contribution >= 4 is 27.5 Å². The topological polar surface area (TPSA) is 98.5 Å². The summed E-state index contributed by atoms with van der Waals surface area (Å²) in [5.74, 6) is -0.400. The number of nitrogens with one attached hydrogen (secondary N) is 1. The predicted octanol–water partition coefficient (Wildman–Crippen LogP) is 0.501. The van der Waals surface area contributed by atoms with Gasteiger partial charge in [0.15, 0.2) is 6.10 Å². The second-order valence-electron chi connectivity index (χ2n) is 3.51. The van der Waals surface area contributed by atoms with Crippen LogP contribution in [0.25, 0.3) is 0 Å². The molecule has 0 saturated carbocycles. The zero-order valence-electron chi connectivity index (χ0n) is 9.81. The molecule has 0 aliphatic rings. The molecule has 1 rings (SSSR count). The molecule has 1 atom stereocenters. The Balaban J connectivity index is 3.14. The molecule has 1 aromatic carbocycles. The normalized spacial score (nSPS) is 12.9. The lowest BCUT2D eigenvalue weighted by Crippen LogP contribution is -2.34. The van der Waals surface area contributed by atoms with Crippen LogP contribution in [0, 0.1) is 0 Å². The molecule has 0 bridgehead atoms. The number of primary sulfonamides is 1. The first kappa shape index (κ1) is 14.7. The highest BCUT2D eigenvalue weighted by molar-refractivity contribution is 7.89. The smallest absolute Gasteiger partial charge is 0.260 e. The van der Waals surface area contributed by atoms with Crippen molar-refractivity contribution in [3.05, 3.63) is 23.2 Å². The lowest BCUT2D eigenvalue weighted by molar-refractivity contribution is -0.126.